The van der Waals surface area contributed by atoms with Crippen molar-refractivity contribution in [3.63, 3.8) is 0 Å². The molecular formula is C48H90O5. The van der Waals surface area contributed by atoms with Crippen molar-refractivity contribution >= 4 is 11.9 Å². The number of ether oxygens (including phenoxy) is 3. The molecule has 0 aromatic heterocycles. The van der Waals surface area contributed by atoms with E-state index >= 15 is 0 Å². The number of carbonyl (C=O) groups is 2. The molecule has 5 nitrogen and oxygen atoms in total. The topological polar surface area (TPSA) is 61.8 Å². The van der Waals surface area contributed by atoms with Crippen LogP contribution in [0.2, 0.25) is 0 Å². The summed E-state index contributed by atoms with van der Waals surface area (Å²) in [6, 6.07) is 0. The van der Waals surface area contributed by atoms with E-state index in [0.29, 0.717) is 19.6 Å². The summed E-state index contributed by atoms with van der Waals surface area (Å²) in [5, 5.41) is 0. The van der Waals surface area contributed by atoms with E-state index < -0.39 is 11.5 Å². The first-order valence-corrected chi connectivity index (χ1v) is 24.2. The van der Waals surface area contributed by atoms with Gasteiger partial charge in [-0.05, 0) is 32.1 Å². The fourth-order valence-corrected chi connectivity index (χ4v) is 8.82. The van der Waals surface area contributed by atoms with E-state index in [2.05, 4.69) is 13.8 Å². The second kappa shape index (κ2) is 34.2. The lowest BCUT2D eigenvalue weighted by atomic mass is 9.67. The lowest BCUT2D eigenvalue weighted by Gasteiger charge is -2.54. The highest BCUT2D eigenvalue weighted by atomic mass is 16.6. The Hall–Kier alpha value is -1.10. The van der Waals surface area contributed by atoms with Gasteiger partial charge in [0.2, 0.25) is 0 Å². The zero-order valence-corrected chi connectivity index (χ0v) is 35.7. The third-order valence-electron chi connectivity index (χ3n) is 12.3. The van der Waals surface area contributed by atoms with E-state index in [1.807, 2.05) is 0 Å². The fourth-order valence-electron chi connectivity index (χ4n) is 8.82. The van der Waals surface area contributed by atoms with Crippen molar-refractivity contribution in [3.05, 3.63) is 0 Å². The zero-order valence-electron chi connectivity index (χ0n) is 35.7. The van der Waals surface area contributed by atoms with Gasteiger partial charge in [-0.15, -0.1) is 0 Å². The van der Waals surface area contributed by atoms with Gasteiger partial charge in [0.05, 0.1) is 19.3 Å². The third kappa shape index (κ3) is 22.9. The van der Waals surface area contributed by atoms with Gasteiger partial charge in [0.1, 0.15) is 5.92 Å². The summed E-state index contributed by atoms with van der Waals surface area (Å²) in [5.41, 5.74) is -1.10. The molecular weight excluding hydrogens is 657 g/mol. The molecule has 1 saturated carbocycles. The van der Waals surface area contributed by atoms with Crippen LogP contribution in [0.1, 0.15) is 264 Å². The van der Waals surface area contributed by atoms with Crippen LogP contribution in [-0.2, 0) is 23.8 Å². The molecule has 0 N–H and O–H groups in total. The van der Waals surface area contributed by atoms with Crippen LogP contribution in [-0.4, -0.2) is 36.9 Å². The fraction of sp³-hybridized carbons (Fsp3) is 0.958. The molecule has 3 unspecified atom stereocenters. The number of unbranched alkanes of at least 4 members (excludes halogenated alkanes) is 34. The SMILES string of the molecule is CCCCCCCCCCCCCCCCCCCCOC(=O)C1C2CCCC1(C(=O)OCCCCCCCCCCCCCCCCCCCC)O2. The van der Waals surface area contributed by atoms with E-state index in [-0.39, 0.29) is 18.0 Å². The van der Waals surface area contributed by atoms with Gasteiger partial charge in [-0.25, -0.2) is 4.79 Å². The molecule has 0 aromatic carbocycles. The minimum absolute atomic E-state index is 0.186. The average molecular weight is 747 g/mol. The second-order valence-corrected chi connectivity index (χ2v) is 17.2. The monoisotopic (exact) mass is 747 g/mol. The Labute approximate surface area is 330 Å². The smallest absolute Gasteiger partial charge is 0.339 e. The molecule has 3 atom stereocenters. The number of carbonyl (C=O) groups excluding carboxylic acids is 2. The summed E-state index contributed by atoms with van der Waals surface area (Å²) >= 11 is 0. The molecule has 0 spiro atoms. The zero-order chi connectivity index (χ0) is 37.9. The van der Waals surface area contributed by atoms with Crippen LogP contribution >= 0.6 is 0 Å². The number of rotatable bonds is 40. The van der Waals surface area contributed by atoms with E-state index in [1.54, 1.807) is 0 Å². The Morgan fingerprint density at radius 2 is 0.755 bits per heavy atom. The molecule has 5 heteroatoms. The first-order valence-electron chi connectivity index (χ1n) is 24.2. The summed E-state index contributed by atoms with van der Waals surface area (Å²) in [6.45, 7) is 5.45. The number of fused-ring (bicyclic) bond motifs is 2. The van der Waals surface area contributed by atoms with Crippen LogP contribution < -0.4 is 0 Å². The molecule has 3 fully saturated rings. The van der Waals surface area contributed by atoms with E-state index in [9.17, 15) is 9.59 Å². The van der Waals surface area contributed by atoms with Crippen LogP contribution in [0, 0.1) is 5.92 Å². The lowest BCUT2D eigenvalue weighted by Crippen LogP contribution is -2.70. The summed E-state index contributed by atoms with van der Waals surface area (Å²) in [7, 11) is 0. The van der Waals surface area contributed by atoms with Crippen molar-refractivity contribution in [3.8, 4) is 0 Å². The molecule has 1 aliphatic carbocycles. The molecule has 2 aliphatic heterocycles. The van der Waals surface area contributed by atoms with Gasteiger partial charge in [-0.2, -0.15) is 0 Å². The summed E-state index contributed by atoms with van der Waals surface area (Å²) in [6.07, 6.45) is 50.3. The molecule has 2 bridgehead atoms. The van der Waals surface area contributed by atoms with Crippen molar-refractivity contribution < 1.29 is 23.8 Å². The Balaban J connectivity index is 1.37. The molecule has 53 heavy (non-hydrogen) atoms. The predicted octanol–water partition coefficient (Wildman–Crippen LogP) is 15.1. The normalized spacial score (nSPS) is 19.3. The van der Waals surface area contributed by atoms with Crippen molar-refractivity contribution in [2.45, 2.75) is 276 Å². The molecule has 3 rings (SSSR count). The summed E-state index contributed by atoms with van der Waals surface area (Å²) in [4.78, 5) is 26.2. The maximum absolute atomic E-state index is 13.2. The van der Waals surface area contributed by atoms with Crippen LogP contribution in [0.25, 0.3) is 0 Å². The minimum atomic E-state index is -1.10. The Bertz CT molecular complexity index is 840. The summed E-state index contributed by atoms with van der Waals surface area (Å²) in [5.74, 6) is -1.08. The first-order chi connectivity index (χ1) is 26.2. The Kier molecular flexibility index (Phi) is 31.0. The van der Waals surface area contributed by atoms with Crippen LogP contribution in [0.3, 0.4) is 0 Å². The third-order valence-corrected chi connectivity index (χ3v) is 12.3. The molecule has 0 amide bonds. The largest absolute Gasteiger partial charge is 0.465 e. The van der Waals surface area contributed by atoms with Gasteiger partial charge in [-0.1, -0.05) is 232 Å². The highest BCUT2D eigenvalue weighted by Crippen LogP contribution is 2.50. The molecule has 3 aliphatic rings. The average Bonchev–Trinajstić information content (AvgIpc) is 3.16. The minimum Gasteiger partial charge on any atom is -0.465 e. The highest BCUT2D eigenvalue weighted by Gasteiger charge is 2.67. The van der Waals surface area contributed by atoms with E-state index in [1.165, 1.54) is 205 Å². The quantitative estimate of drug-likeness (QED) is 0.0461. The first kappa shape index (κ1) is 48.0. The van der Waals surface area contributed by atoms with Crippen molar-refractivity contribution in [2.24, 2.45) is 5.92 Å². The molecule has 0 aromatic rings. The predicted molar refractivity (Wildman–Crippen MR) is 224 cm³/mol. The maximum Gasteiger partial charge on any atom is 0.339 e. The van der Waals surface area contributed by atoms with Crippen molar-refractivity contribution in [1.82, 2.24) is 0 Å². The van der Waals surface area contributed by atoms with Crippen LogP contribution in [0.5, 0.6) is 0 Å². The standard InChI is InChI=1S/C48H90O5/c1-3-5-7-9-11-13-15-17-19-21-23-25-27-29-31-33-35-37-42-51-46(49)45-44-40-39-41-48(45,53-44)47(50)52-43-38-36-34-32-30-28-26-24-22-20-18-16-14-12-10-8-6-4-2/h44-45H,3-43H2,1-2H3. The number of hydrogen-bond acceptors (Lipinski definition) is 5. The Morgan fingerprint density at radius 1 is 0.453 bits per heavy atom. The second-order valence-electron chi connectivity index (χ2n) is 17.2. The molecule has 312 valence electrons. The van der Waals surface area contributed by atoms with Crippen molar-refractivity contribution in [1.29, 1.82) is 0 Å². The van der Waals surface area contributed by atoms with E-state index in [0.717, 1.165) is 38.5 Å². The Morgan fingerprint density at radius 3 is 1.08 bits per heavy atom. The lowest BCUT2D eigenvalue weighted by molar-refractivity contribution is -0.284. The molecule has 2 heterocycles. The number of esters is 2. The van der Waals surface area contributed by atoms with Gasteiger partial charge in [0.15, 0.2) is 5.60 Å². The van der Waals surface area contributed by atoms with E-state index in [4.69, 9.17) is 14.2 Å². The van der Waals surface area contributed by atoms with Crippen LogP contribution in [0.4, 0.5) is 0 Å². The van der Waals surface area contributed by atoms with Gasteiger partial charge < -0.3 is 14.2 Å². The number of hydrogen-bond donors (Lipinski definition) is 0. The summed E-state index contributed by atoms with van der Waals surface area (Å²) < 4.78 is 17.4. The van der Waals surface area contributed by atoms with Crippen LogP contribution in [0.15, 0.2) is 0 Å². The highest BCUT2D eigenvalue weighted by molar-refractivity contribution is 5.90. The molecule has 2 saturated heterocycles. The molecule has 0 radical (unpaired) electrons. The van der Waals surface area contributed by atoms with Gasteiger partial charge in [0.25, 0.3) is 0 Å². The van der Waals surface area contributed by atoms with Gasteiger partial charge >= 0.3 is 11.9 Å². The maximum atomic E-state index is 13.2. The van der Waals surface area contributed by atoms with Crippen molar-refractivity contribution in [2.75, 3.05) is 13.2 Å². The van der Waals surface area contributed by atoms with Gasteiger partial charge in [-0.3, -0.25) is 4.79 Å². The van der Waals surface area contributed by atoms with Gasteiger partial charge in [0, 0.05) is 0 Å².